The lowest BCUT2D eigenvalue weighted by Gasteiger charge is -2.01. The van der Waals surface area contributed by atoms with Gasteiger partial charge in [-0.15, -0.1) is 0 Å². The van der Waals surface area contributed by atoms with E-state index in [9.17, 15) is 0 Å². The van der Waals surface area contributed by atoms with E-state index in [0.29, 0.717) is 0 Å². The fourth-order valence-electron chi connectivity index (χ4n) is 0.866. The highest BCUT2D eigenvalue weighted by molar-refractivity contribution is 5.73. The molecule has 0 amide bonds. The van der Waals surface area contributed by atoms with Crippen molar-refractivity contribution in [3.8, 4) is 0 Å². The molecule has 0 aromatic rings. The van der Waals surface area contributed by atoms with Crippen LogP contribution in [0.25, 0.3) is 0 Å². The molecule has 0 rings (SSSR count). The predicted octanol–water partition coefficient (Wildman–Crippen LogP) is 2.79. The SMILES string of the molecule is C=N/C=C\C(=C)/C(=C/C=NC)CC. The Balaban J connectivity index is 4.49. The third kappa shape index (κ3) is 4.90. The Kier molecular flexibility index (Phi) is 6.42. The van der Waals surface area contributed by atoms with Crippen molar-refractivity contribution in [3.05, 3.63) is 36.1 Å². The maximum atomic E-state index is 3.91. The van der Waals surface area contributed by atoms with Gasteiger partial charge >= 0.3 is 0 Å². The van der Waals surface area contributed by atoms with E-state index in [0.717, 1.165) is 17.6 Å². The van der Waals surface area contributed by atoms with Crippen molar-refractivity contribution >= 4 is 12.9 Å². The monoisotopic (exact) mass is 176 g/mol. The zero-order chi connectivity index (χ0) is 10.1. The predicted molar refractivity (Wildman–Crippen MR) is 60.6 cm³/mol. The molecule has 0 aliphatic rings. The van der Waals surface area contributed by atoms with Gasteiger partial charge in [0.15, 0.2) is 0 Å². The van der Waals surface area contributed by atoms with E-state index >= 15 is 0 Å². The molecule has 13 heavy (non-hydrogen) atoms. The Morgan fingerprint density at radius 2 is 2.15 bits per heavy atom. The number of allylic oxidation sites excluding steroid dienone is 4. The molecule has 0 atom stereocenters. The molecule has 0 unspecified atom stereocenters. The van der Waals surface area contributed by atoms with Crippen LogP contribution in [0.2, 0.25) is 0 Å². The Morgan fingerprint density at radius 1 is 1.46 bits per heavy atom. The summed E-state index contributed by atoms with van der Waals surface area (Å²) in [7, 11) is 1.74. The summed E-state index contributed by atoms with van der Waals surface area (Å²) >= 11 is 0. The maximum Gasteiger partial charge on any atom is 0.0277 e. The lowest BCUT2D eigenvalue weighted by Crippen LogP contribution is -1.84. The van der Waals surface area contributed by atoms with E-state index < -0.39 is 0 Å². The first-order chi connectivity index (χ1) is 6.26. The minimum Gasteiger partial charge on any atom is -0.297 e. The van der Waals surface area contributed by atoms with Crippen LogP contribution in [0.3, 0.4) is 0 Å². The molecule has 0 N–H and O–H groups in total. The normalized spacial score (nSPS) is 12.6. The van der Waals surface area contributed by atoms with E-state index in [1.54, 1.807) is 19.5 Å². The van der Waals surface area contributed by atoms with Crippen molar-refractivity contribution in [1.29, 1.82) is 0 Å². The molecule has 70 valence electrons. The zero-order valence-electron chi connectivity index (χ0n) is 8.33. The van der Waals surface area contributed by atoms with Crippen LogP contribution in [-0.2, 0) is 0 Å². The Labute approximate surface area is 80.1 Å². The average molecular weight is 176 g/mol. The molecule has 0 saturated heterocycles. The van der Waals surface area contributed by atoms with Gasteiger partial charge in [-0.3, -0.25) is 9.98 Å². The summed E-state index contributed by atoms with van der Waals surface area (Å²) in [6.45, 7) is 9.35. The van der Waals surface area contributed by atoms with Crippen LogP contribution >= 0.6 is 0 Å². The van der Waals surface area contributed by atoms with E-state index in [4.69, 9.17) is 0 Å². The molecule has 0 aromatic carbocycles. The van der Waals surface area contributed by atoms with Gasteiger partial charge in [0.1, 0.15) is 0 Å². The lowest BCUT2D eigenvalue weighted by molar-refractivity contribution is 1.13. The smallest absolute Gasteiger partial charge is 0.0277 e. The fraction of sp³-hybridized carbons (Fsp3) is 0.273. The summed E-state index contributed by atoms with van der Waals surface area (Å²) in [6.07, 6.45) is 8.13. The van der Waals surface area contributed by atoms with Crippen molar-refractivity contribution < 1.29 is 0 Å². The molecule has 0 radical (unpaired) electrons. The Hall–Kier alpha value is -1.44. The van der Waals surface area contributed by atoms with Gasteiger partial charge in [0.25, 0.3) is 0 Å². The molecule has 0 saturated carbocycles. The number of hydrogen-bond acceptors (Lipinski definition) is 2. The van der Waals surface area contributed by atoms with Crippen LogP contribution < -0.4 is 0 Å². The molecule has 0 bridgehead atoms. The number of nitrogens with zero attached hydrogens (tertiary/aromatic N) is 2. The van der Waals surface area contributed by atoms with Gasteiger partial charge in [0.2, 0.25) is 0 Å². The van der Waals surface area contributed by atoms with Crippen LogP contribution in [0.5, 0.6) is 0 Å². The number of hydrogen-bond donors (Lipinski definition) is 0. The summed E-state index contributed by atoms with van der Waals surface area (Å²) in [6, 6.07) is 0. The third-order valence-corrected chi connectivity index (χ3v) is 1.60. The summed E-state index contributed by atoms with van der Waals surface area (Å²) in [5.74, 6) is 0. The standard InChI is InChI=1S/C11H16N2/c1-5-11(7-9-13-4)10(2)6-8-12-3/h6-9H,2-3,5H2,1,4H3/b8-6-,11-7+,13-9?. The van der Waals surface area contributed by atoms with Crippen molar-refractivity contribution in [2.45, 2.75) is 13.3 Å². The summed E-state index contributed by atoms with van der Waals surface area (Å²) < 4.78 is 0. The van der Waals surface area contributed by atoms with Crippen molar-refractivity contribution in [2.75, 3.05) is 7.05 Å². The maximum absolute atomic E-state index is 3.91. The van der Waals surface area contributed by atoms with Crippen LogP contribution in [0.1, 0.15) is 13.3 Å². The van der Waals surface area contributed by atoms with Gasteiger partial charge in [0, 0.05) is 19.5 Å². The largest absolute Gasteiger partial charge is 0.297 e. The second-order valence-electron chi connectivity index (χ2n) is 2.48. The first kappa shape index (κ1) is 11.6. The highest BCUT2D eigenvalue weighted by Crippen LogP contribution is 2.12. The van der Waals surface area contributed by atoms with E-state index in [1.165, 1.54) is 0 Å². The minimum absolute atomic E-state index is 0.937. The topological polar surface area (TPSA) is 24.7 Å². The van der Waals surface area contributed by atoms with Crippen LogP contribution in [-0.4, -0.2) is 20.0 Å². The number of aliphatic imine (C=N–C) groups is 2. The zero-order valence-corrected chi connectivity index (χ0v) is 8.33. The highest BCUT2D eigenvalue weighted by atomic mass is 14.6. The first-order valence-electron chi connectivity index (χ1n) is 4.19. The summed E-state index contributed by atoms with van der Waals surface area (Å²) in [5.41, 5.74) is 2.11. The molecular formula is C11H16N2. The Morgan fingerprint density at radius 3 is 2.62 bits per heavy atom. The van der Waals surface area contributed by atoms with Crippen LogP contribution in [0.15, 0.2) is 46.1 Å². The van der Waals surface area contributed by atoms with Gasteiger partial charge in [-0.05, 0) is 36.4 Å². The van der Waals surface area contributed by atoms with E-state index in [1.807, 2.05) is 12.2 Å². The van der Waals surface area contributed by atoms with Crippen LogP contribution in [0, 0.1) is 0 Å². The molecule has 0 spiro atoms. The fourth-order valence-corrected chi connectivity index (χ4v) is 0.866. The molecule has 0 aliphatic carbocycles. The first-order valence-corrected chi connectivity index (χ1v) is 4.19. The van der Waals surface area contributed by atoms with Crippen molar-refractivity contribution in [2.24, 2.45) is 9.98 Å². The quantitative estimate of drug-likeness (QED) is 0.454. The number of rotatable bonds is 5. The lowest BCUT2D eigenvalue weighted by atomic mass is 10.1. The highest BCUT2D eigenvalue weighted by Gasteiger charge is 1.94. The van der Waals surface area contributed by atoms with Gasteiger partial charge in [-0.1, -0.05) is 13.5 Å². The molecular weight excluding hydrogens is 160 g/mol. The molecule has 2 heteroatoms. The summed E-state index contributed by atoms with van der Waals surface area (Å²) in [5, 5.41) is 0. The van der Waals surface area contributed by atoms with E-state index in [-0.39, 0.29) is 0 Å². The Bertz CT molecular complexity index is 257. The summed E-state index contributed by atoms with van der Waals surface area (Å²) in [4.78, 5) is 7.50. The minimum atomic E-state index is 0.937. The van der Waals surface area contributed by atoms with Gasteiger partial charge in [-0.25, -0.2) is 0 Å². The molecule has 0 fully saturated rings. The second-order valence-corrected chi connectivity index (χ2v) is 2.48. The van der Waals surface area contributed by atoms with Crippen molar-refractivity contribution in [3.63, 3.8) is 0 Å². The van der Waals surface area contributed by atoms with Crippen LogP contribution in [0.4, 0.5) is 0 Å². The molecule has 0 aliphatic heterocycles. The van der Waals surface area contributed by atoms with Gasteiger partial charge < -0.3 is 0 Å². The van der Waals surface area contributed by atoms with Crippen molar-refractivity contribution in [1.82, 2.24) is 0 Å². The average Bonchev–Trinajstić information content (AvgIpc) is 2.16. The molecule has 2 nitrogen and oxygen atoms in total. The molecule has 0 heterocycles. The molecule has 0 aromatic heterocycles. The van der Waals surface area contributed by atoms with Gasteiger partial charge in [-0.2, -0.15) is 0 Å². The van der Waals surface area contributed by atoms with E-state index in [2.05, 4.69) is 30.2 Å². The van der Waals surface area contributed by atoms with Gasteiger partial charge in [0.05, 0.1) is 0 Å². The third-order valence-electron chi connectivity index (χ3n) is 1.60. The second kappa shape index (κ2) is 7.22.